The molecule has 0 unspecified atom stereocenters. The molecular weight excluding hydrogens is 232 g/mol. The summed E-state index contributed by atoms with van der Waals surface area (Å²) in [5, 5.41) is 1.25. The maximum Gasteiger partial charge on any atom is 0.0723 e. The second-order valence-electron chi connectivity index (χ2n) is 4.89. The van der Waals surface area contributed by atoms with E-state index in [1.807, 2.05) is 12.3 Å². The highest BCUT2D eigenvalue weighted by molar-refractivity contribution is 5.96. The summed E-state index contributed by atoms with van der Waals surface area (Å²) < 4.78 is 0. The fourth-order valence-corrected chi connectivity index (χ4v) is 2.88. The number of fused-ring (bicyclic) bond motifs is 3. The Hall–Kier alpha value is -2.35. The molecule has 1 aliphatic rings. The quantitative estimate of drug-likeness (QED) is 0.646. The Morgan fingerprint density at radius 3 is 2.58 bits per heavy atom. The van der Waals surface area contributed by atoms with Gasteiger partial charge in [0.15, 0.2) is 0 Å². The van der Waals surface area contributed by atoms with Gasteiger partial charge < -0.3 is 4.90 Å². The highest BCUT2D eigenvalue weighted by Gasteiger charge is 2.22. The molecule has 0 atom stereocenters. The van der Waals surface area contributed by atoms with Crippen molar-refractivity contribution in [2.24, 2.45) is 0 Å². The van der Waals surface area contributed by atoms with Crippen LogP contribution in [0.1, 0.15) is 5.56 Å². The third kappa shape index (κ3) is 1.60. The number of rotatable bonds is 1. The maximum absolute atomic E-state index is 4.55. The molecule has 0 aliphatic carbocycles. The normalized spacial score (nSPS) is 13.8. The van der Waals surface area contributed by atoms with Crippen LogP contribution in [-0.2, 0) is 6.42 Å². The Morgan fingerprint density at radius 1 is 0.895 bits per heavy atom. The predicted molar refractivity (Wildman–Crippen MR) is 78.9 cm³/mol. The SMILES string of the molecule is c1ccc(N2CCc3cnc4ccccc4c32)cc1. The van der Waals surface area contributed by atoms with E-state index in [9.17, 15) is 0 Å². The molecule has 3 aromatic rings. The molecular formula is C17H14N2. The summed E-state index contributed by atoms with van der Waals surface area (Å²) in [6.07, 6.45) is 3.10. The van der Waals surface area contributed by atoms with Crippen LogP contribution >= 0.6 is 0 Å². The summed E-state index contributed by atoms with van der Waals surface area (Å²) in [7, 11) is 0. The van der Waals surface area contributed by atoms with Gasteiger partial charge in [0.25, 0.3) is 0 Å². The first kappa shape index (κ1) is 10.6. The summed E-state index contributed by atoms with van der Waals surface area (Å²) in [5.74, 6) is 0. The van der Waals surface area contributed by atoms with Crippen molar-refractivity contribution >= 4 is 22.3 Å². The van der Waals surface area contributed by atoms with E-state index >= 15 is 0 Å². The van der Waals surface area contributed by atoms with Crippen LogP contribution in [0.4, 0.5) is 11.4 Å². The van der Waals surface area contributed by atoms with Gasteiger partial charge in [0, 0.05) is 23.8 Å². The van der Waals surface area contributed by atoms with Gasteiger partial charge in [-0.3, -0.25) is 4.98 Å². The van der Waals surface area contributed by atoms with E-state index < -0.39 is 0 Å². The van der Waals surface area contributed by atoms with Crippen molar-refractivity contribution in [2.45, 2.75) is 6.42 Å². The van der Waals surface area contributed by atoms with Crippen molar-refractivity contribution in [3.8, 4) is 0 Å². The van der Waals surface area contributed by atoms with E-state index in [1.54, 1.807) is 0 Å². The molecule has 19 heavy (non-hydrogen) atoms. The summed E-state index contributed by atoms with van der Waals surface area (Å²) in [4.78, 5) is 6.96. The van der Waals surface area contributed by atoms with Crippen LogP contribution in [0.25, 0.3) is 10.9 Å². The molecule has 2 aromatic carbocycles. The fourth-order valence-electron chi connectivity index (χ4n) is 2.88. The first-order valence-electron chi connectivity index (χ1n) is 6.63. The van der Waals surface area contributed by atoms with E-state index in [0.717, 1.165) is 18.5 Å². The minimum atomic E-state index is 1.04. The molecule has 2 heteroatoms. The van der Waals surface area contributed by atoms with Gasteiger partial charge in [-0.05, 0) is 30.2 Å². The summed E-state index contributed by atoms with van der Waals surface area (Å²) in [5.41, 5.74) is 5.01. The number of aromatic nitrogens is 1. The summed E-state index contributed by atoms with van der Waals surface area (Å²) >= 11 is 0. The third-order valence-corrected chi connectivity index (χ3v) is 3.77. The van der Waals surface area contributed by atoms with Gasteiger partial charge in [-0.15, -0.1) is 0 Å². The van der Waals surface area contributed by atoms with Gasteiger partial charge in [-0.2, -0.15) is 0 Å². The molecule has 0 radical (unpaired) electrons. The smallest absolute Gasteiger partial charge is 0.0723 e. The van der Waals surface area contributed by atoms with Gasteiger partial charge in [0.2, 0.25) is 0 Å². The van der Waals surface area contributed by atoms with Crippen molar-refractivity contribution in [3.63, 3.8) is 0 Å². The van der Waals surface area contributed by atoms with Crippen molar-refractivity contribution in [2.75, 3.05) is 11.4 Å². The van der Waals surface area contributed by atoms with Crippen LogP contribution in [0.2, 0.25) is 0 Å². The Morgan fingerprint density at radius 2 is 1.68 bits per heavy atom. The van der Waals surface area contributed by atoms with Crippen LogP contribution in [0.5, 0.6) is 0 Å². The lowest BCUT2D eigenvalue weighted by Crippen LogP contribution is -2.13. The number of benzene rings is 2. The Labute approximate surface area is 112 Å². The molecule has 2 nitrogen and oxygen atoms in total. The zero-order chi connectivity index (χ0) is 12.7. The molecule has 0 N–H and O–H groups in total. The van der Waals surface area contributed by atoms with Gasteiger partial charge in [0.1, 0.15) is 0 Å². The Balaban J connectivity index is 1.97. The number of para-hydroxylation sites is 2. The van der Waals surface area contributed by atoms with Crippen molar-refractivity contribution < 1.29 is 0 Å². The lowest BCUT2D eigenvalue weighted by Gasteiger charge is -2.20. The first-order valence-corrected chi connectivity index (χ1v) is 6.63. The monoisotopic (exact) mass is 246 g/mol. The van der Waals surface area contributed by atoms with Crippen LogP contribution in [0, 0.1) is 0 Å². The van der Waals surface area contributed by atoms with E-state index in [2.05, 4.69) is 58.4 Å². The number of hydrogen-bond donors (Lipinski definition) is 0. The lowest BCUT2D eigenvalue weighted by atomic mass is 10.1. The molecule has 1 aliphatic heterocycles. The van der Waals surface area contributed by atoms with Crippen LogP contribution in [0.15, 0.2) is 60.8 Å². The second-order valence-corrected chi connectivity index (χ2v) is 4.89. The Kier molecular flexibility index (Phi) is 2.27. The van der Waals surface area contributed by atoms with E-state index in [1.165, 1.54) is 22.3 Å². The van der Waals surface area contributed by atoms with Crippen molar-refractivity contribution in [1.29, 1.82) is 0 Å². The highest BCUT2D eigenvalue weighted by atomic mass is 15.2. The predicted octanol–water partition coefficient (Wildman–Crippen LogP) is 3.93. The molecule has 1 aromatic heterocycles. The molecule has 0 saturated heterocycles. The first-order chi connectivity index (χ1) is 9.43. The van der Waals surface area contributed by atoms with Gasteiger partial charge >= 0.3 is 0 Å². The van der Waals surface area contributed by atoms with E-state index in [4.69, 9.17) is 0 Å². The largest absolute Gasteiger partial charge is 0.340 e. The molecule has 0 bridgehead atoms. The topological polar surface area (TPSA) is 16.1 Å². The van der Waals surface area contributed by atoms with Crippen molar-refractivity contribution in [3.05, 3.63) is 66.4 Å². The van der Waals surface area contributed by atoms with Gasteiger partial charge in [-0.25, -0.2) is 0 Å². The number of hydrogen-bond acceptors (Lipinski definition) is 2. The molecule has 0 spiro atoms. The molecule has 2 heterocycles. The molecule has 4 rings (SSSR count). The number of nitrogens with zero attached hydrogens (tertiary/aromatic N) is 2. The fraction of sp³-hybridized carbons (Fsp3) is 0.118. The summed E-state index contributed by atoms with van der Waals surface area (Å²) in [6, 6.07) is 19.0. The van der Waals surface area contributed by atoms with Gasteiger partial charge in [-0.1, -0.05) is 36.4 Å². The third-order valence-electron chi connectivity index (χ3n) is 3.77. The van der Waals surface area contributed by atoms with Crippen LogP contribution < -0.4 is 4.90 Å². The number of anilines is 2. The Bertz CT molecular complexity index is 735. The standard InChI is InChI=1S/C17H14N2/c1-2-6-14(7-3-1)19-11-10-13-12-18-16-9-5-4-8-15(16)17(13)19/h1-9,12H,10-11H2. The van der Waals surface area contributed by atoms with Crippen molar-refractivity contribution in [1.82, 2.24) is 4.98 Å². The highest BCUT2D eigenvalue weighted by Crippen LogP contribution is 2.38. The van der Waals surface area contributed by atoms with E-state index in [0.29, 0.717) is 0 Å². The van der Waals surface area contributed by atoms with Crippen LogP contribution in [-0.4, -0.2) is 11.5 Å². The molecule has 0 saturated carbocycles. The lowest BCUT2D eigenvalue weighted by molar-refractivity contribution is 0.997. The van der Waals surface area contributed by atoms with Gasteiger partial charge in [0.05, 0.1) is 11.2 Å². The minimum Gasteiger partial charge on any atom is -0.340 e. The minimum absolute atomic E-state index is 1.04. The molecule has 92 valence electrons. The second kappa shape index (κ2) is 4.09. The maximum atomic E-state index is 4.55. The average Bonchev–Trinajstić information content (AvgIpc) is 2.92. The average molecular weight is 246 g/mol. The zero-order valence-electron chi connectivity index (χ0n) is 10.6. The number of pyridine rings is 1. The summed E-state index contributed by atoms with van der Waals surface area (Å²) in [6.45, 7) is 1.04. The van der Waals surface area contributed by atoms with Crippen LogP contribution in [0.3, 0.4) is 0 Å². The molecule has 0 fully saturated rings. The zero-order valence-corrected chi connectivity index (χ0v) is 10.6. The van der Waals surface area contributed by atoms with E-state index in [-0.39, 0.29) is 0 Å². The molecule has 0 amide bonds.